The zero-order valence-electron chi connectivity index (χ0n) is 30.8. The molecule has 0 aromatic heterocycles. The van der Waals surface area contributed by atoms with E-state index in [1.807, 2.05) is 49.4 Å². The van der Waals surface area contributed by atoms with Gasteiger partial charge in [-0.1, -0.05) is 129 Å². The molecule has 8 heteroatoms. The Morgan fingerprint density at radius 3 is 1.94 bits per heavy atom. The van der Waals surface area contributed by atoms with Gasteiger partial charge in [0.15, 0.2) is 0 Å². The van der Waals surface area contributed by atoms with Crippen molar-refractivity contribution in [2.24, 2.45) is 16.7 Å². The van der Waals surface area contributed by atoms with E-state index in [0.29, 0.717) is 35.9 Å². The Labute approximate surface area is 319 Å². The molecule has 1 saturated heterocycles. The SMILES string of the molecule is COC(=O)C1(C2(C)CC(c3cccc(Cl)c3)C(c3ccc(Cl)cc3)N(C(CO[Si](c3ccccc3)(c3ccccc3)C(C)(C)C)C3CC3)C2=O)CC1. The van der Waals surface area contributed by atoms with E-state index in [2.05, 4.69) is 92.4 Å². The number of methoxy groups -OCH3 is 1. The van der Waals surface area contributed by atoms with Gasteiger partial charge in [0.05, 0.1) is 36.6 Å². The second-order valence-electron chi connectivity index (χ2n) is 16.4. The van der Waals surface area contributed by atoms with Crippen LogP contribution in [0.2, 0.25) is 15.1 Å². The molecule has 2 aliphatic carbocycles. The average Bonchev–Trinajstić information content (AvgIpc) is 4.08. The summed E-state index contributed by atoms with van der Waals surface area (Å²) in [4.78, 5) is 31.5. The van der Waals surface area contributed by atoms with Crippen LogP contribution in [-0.2, 0) is 18.8 Å². The van der Waals surface area contributed by atoms with Gasteiger partial charge in [-0.05, 0) is 95.7 Å². The number of benzene rings is 4. The molecule has 3 aliphatic rings. The highest BCUT2D eigenvalue weighted by Crippen LogP contribution is 2.67. The molecule has 0 spiro atoms. The monoisotopic (exact) mass is 753 g/mol. The van der Waals surface area contributed by atoms with Crippen LogP contribution in [0.25, 0.3) is 0 Å². The summed E-state index contributed by atoms with van der Waals surface area (Å²) in [5.41, 5.74) is 0.162. The predicted octanol–water partition coefficient (Wildman–Crippen LogP) is 9.37. The Bertz CT molecular complexity index is 1870. The van der Waals surface area contributed by atoms with Crippen molar-refractivity contribution < 1.29 is 18.8 Å². The van der Waals surface area contributed by atoms with Crippen molar-refractivity contribution in [1.29, 1.82) is 0 Å². The average molecular weight is 755 g/mol. The first-order chi connectivity index (χ1) is 24.9. The summed E-state index contributed by atoms with van der Waals surface area (Å²) in [6.07, 6.45) is 3.74. The number of amides is 1. The highest BCUT2D eigenvalue weighted by atomic mass is 35.5. The Morgan fingerprint density at radius 1 is 0.846 bits per heavy atom. The molecule has 52 heavy (non-hydrogen) atoms. The number of hydrogen-bond donors (Lipinski definition) is 0. The Morgan fingerprint density at radius 2 is 1.44 bits per heavy atom. The number of halogens is 2. The molecule has 1 aliphatic heterocycles. The van der Waals surface area contributed by atoms with E-state index in [-0.39, 0.29) is 40.8 Å². The van der Waals surface area contributed by atoms with Gasteiger partial charge in [-0.3, -0.25) is 9.59 Å². The highest BCUT2D eigenvalue weighted by Gasteiger charge is 2.70. The fraction of sp³-hybridized carbons (Fsp3) is 0.409. The Hall–Kier alpha value is -3.42. The molecule has 0 N–H and O–H groups in total. The van der Waals surface area contributed by atoms with Crippen LogP contribution >= 0.6 is 23.2 Å². The number of carbonyl (C=O) groups is 2. The van der Waals surface area contributed by atoms with Crippen LogP contribution in [0.15, 0.2) is 109 Å². The lowest BCUT2D eigenvalue weighted by Crippen LogP contribution is -2.68. The largest absolute Gasteiger partial charge is 0.469 e. The topological polar surface area (TPSA) is 55.8 Å². The highest BCUT2D eigenvalue weighted by molar-refractivity contribution is 6.99. The fourth-order valence-electron chi connectivity index (χ4n) is 9.29. The summed E-state index contributed by atoms with van der Waals surface area (Å²) in [5.74, 6) is -0.201. The fourth-order valence-corrected chi connectivity index (χ4v) is 14.2. The maximum Gasteiger partial charge on any atom is 0.312 e. The summed E-state index contributed by atoms with van der Waals surface area (Å²) in [6, 6.07) is 36.7. The van der Waals surface area contributed by atoms with Gasteiger partial charge in [-0.25, -0.2) is 0 Å². The molecule has 4 atom stereocenters. The molecule has 7 rings (SSSR count). The molecule has 2 saturated carbocycles. The maximum absolute atomic E-state index is 15.7. The van der Waals surface area contributed by atoms with Crippen molar-refractivity contribution in [3.05, 3.63) is 130 Å². The smallest absolute Gasteiger partial charge is 0.312 e. The minimum absolute atomic E-state index is 0.00317. The van der Waals surface area contributed by atoms with Crippen molar-refractivity contribution in [1.82, 2.24) is 4.90 Å². The van der Waals surface area contributed by atoms with Gasteiger partial charge in [-0.2, -0.15) is 0 Å². The number of hydrogen-bond acceptors (Lipinski definition) is 4. The van der Waals surface area contributed by atoms with E-state index in [9.17, 15) is 4.79 Å². The van der Waals surface area contributed by atoms with Crippen LogP contribution in [0, 0.1) is 16.7 Å². The van der Waals surface area contributed by atoms with E-state index in [1.165, 1.54) is 17.5 Å². The van der Waals surface area contributed by atoms with Crippen LogP contribution in [0.1, 0.15) is 82.9 Å². The number of nitrogens with zero attached hydrogens (tertiary/aromatic N) is 1. The second-order valence-corrected chi connectivity index (χ2v) is 21.5. The lowest BCUT2D eigenvalue weighted by atomic mass is 9.61. The summed E-state index contributed by atoms with van der Waals surface area (Å²) >= 11 is 13.2. The normalized spacial score (nSPS) is 23.6. The molecule has 4 aromatic carbocycles. The van der Waals surface area contributed by atoms with Crippen molar-refractivity contribution in [3.8, 4) is 0 Å². The van der Waals surface area contributed by atoms with Crippen LogP contribution in [-0.4, -0.2) is 44.9 Å². The molecular formula is C44H49Cl2NO4Si. The van der Waals surface area contributed by atoms with Crippen molar-refractivity contribution in [2.45, 2.75) is 82.8 Å². The zero-order chi connectivity index (χ0) is 36.9. The van der Waals surface area contributed by atoms with Crippen molar-refractivity contribution in [2.75, 3.05) is 13.7 Å². The lowest BCUT2D eigenvalue weighted by Gasteiger charge is -2.54. The third-order valence-corrected chi connectivity index (χ3v) is 17.8. The first-order valence-corrected chi connectivity index (χ1v) is 21.2. The zero-order valence-corrected chi connectivity index (χ0v) is 33.3. The van der Waals surface area contributed by atoms with E-state index in [4.69, 9.17) is 32.4 Å². The van der Waals surface area contributed by atoms with Crippen LogP contribution in [0.3, 0.4) is 0 Å². The summed E-state index contributed by atoms with van der Waals surface area (Å²) in [6.45, 7) is 9.24. The summed E-state index contributed by atoms with van der Waals surface area (Å²) in [7, 11) is -1.51. The first kappa shape index (κ1) is 36.9. The van der Waals surface area contributed by atoms with E-state index < -0.39 is 19.1 Å². The molecule has 4 unspecified atom stereocenters. The van der Waals surface area contributed by atoms with Gasteiger partial charge in [-0.15, -0.1) is 0 Å². The van der Waals surface area contributed by atoms with Gasteiger partial charge in [0.25, 0.3) is 8.32 Å². The van der Waals surface area contributed by atoms with E-state index in [1.54, 1.807) is 0 Å². The van der Waals surface area contributed by atoms with Gasteiger partial charge in [0, 0.05) is 16.0 Å². The van der Waals surface area contributed by atoms with E-state index in [0.717, 1.165) is 24.0 Å². The molecular weight excluding hydrogens is 705 g/mol. The second kappa shape index (κ2) is 14.1. The van der Waals surface area contributed by atoms with Crippen LogP contribution in [0.4, 0.5) is 0 Å². The lowest BCUT2D eigenvalue weighted by molar-refractivity contribution is -0.173. The van der Waals surface area contributed by atoms with Gasteiger partial charge < -0.3 is 14.1 Å². The Balaban J connectivity index is 1.41. The Kier molecular flexibility index (Phi) is 10.0. The van der Waals surface area contributed by atoms with Crippen LogP contribution < -0.4 is 10.4 Å². The minimum Gasteiger partial charge on any atom is -0.469 e. The predicted molar refractivity (Wildman–Crippen MR) is 212 cm³/mol. The molecule has 3 fully saturated rings. The third kappa shape index (κ3) is 6.34. The number of esters is 1. The van der Waals surface area contributed by atoms with Gasteiger partial charge in [0.2, 0.25) is 5.91 Å². The number of piperidine rings is 1. The van der Waals surface area contributed by atoms with Crippen LogP contribution in [0.5, 0.6) is 0 Å². The third-order valence-electron chi connectivity index (χ3n) is 12.3. The molecule has 272 valence electrons. The molecule has 1 heterocycles. The summed E-state index contributed by atoms with van der Waals surface area (Å²) < 4.78 is 13.1. The molecule has 1 amide bonds. The number of rotatable bonds is 11. The maximum atomic E-state index is 15.7. The van der Waals surface area contributed by atoms with Crippen molar-refractivity contribution in [3.63, 3.8) is 0 Å². The summed E-state index contributed by atoms with van der Waals surface area (Å²) in [5, 5.41) is 3.45. The number of ether oxygens (including phenoxy) is 1. The molecule has 4 aromatic rings. The van der Waals surface area contributed by atoms with E-state index >= 15 is 4.79 Å². The number of carbonyl (C=O) groups excluding carboxylic acids is 2. The molecule has 0 bridgehead atoms. The quantitative estimate of drug-likeness (QED) is 0.113. The van der Waals surface area contributed by atoms with Gasteiger partial charge >= 0.3 is 5.97 Å². The number of likely N-dealkylation sites (tertiary alicyclic amines) is 1. The first-order valence-electron chi connectivity index (χ1n) is 18.5. The van der Waals surface area contributed by atoms with Crippen molar-refractivity contribution >= 4 is 53.8 Å². The molecule has 5 nitrogen and oxygen atoms in total. The standard InChI is InChI=1S/C44H49Cl2NO4Si/c1-42(2,3)52(35-15-8-6-9-16-35,36-17-10-7-11-18-36)51-29-38(30-19-20-30)47-39(31-21-23-33(45)24-22-31)37(32-13-12-14-34(46)27-32)28-43(4,40(47)48)44(25-26-44)41(49)50-5/h6-18,21-24,27,30,37-39H,19-20,25-26,28-29H2,1-5H3. The minimum atomic E-state index is -2.94. The molecule has 0 radical (unpaired) electrons. The van der Waals surface area contributed by atoms with Gasteiger partial charge in [0.1, 0.15) is 0 Å².